The van der Waals surface area contributed by atoms with E-state index in [9.17, 15) is 14.7 Å². The lowest BCUT2D eigenvalue weighted by molar-refractivity contribution is 0.112. The first kappa shape index (κ1) is 22.8. The van der Waals surface area contributed by atoms with Gasteiger partial charge in [0.25, 0.3) is 0 Å². The first-order chi connectivity index (χ1) is 13.2. The van der Waals surface area contributed by atoms with Crippen LogP contribution in [0.15, 0.2) is 18.2 Å². The molecule has 0 unspecified atom stereocenters. The van der Waals surface area contributed by atoms with E-state index < -0.39 is 0 Å². The molecule has 0 atom stereocenters. The monoisotopic (exact) mass is 378 g/mol. The fourth-order valence-electron chi connectivity index (χ4n) is 2.66. The standard InChI is InChI=1S/C21H34N2O4/c1-2-3-13-22-21(26)23-14-9-7-5-4-6-8-10-15-27-19-12-11-18(17-24)20(25)16-19/h11-12,16-17,25H,2-10,13-15H2,1H3,(H2,22,23,26). The highest BCUT2D eigenvalue weighted by Crippen LogP contribution is 2.22. The smallest absolute Gasteiger partial charge is 0.314 e. The molecule has 6 nitrogen and oxygen atoms in total. The first-order valence-electron chi connectivity index (χ1n) is 10.1. The van der Waals surface area contributed by atoms with Crippen molar-refractivity contribution in [3.63, 3.8) is 0 Å². The number of benzene rings is 1. The Labute approximate surface area is 162 Å². The highest BCUT2D eigenvalue weighted by atomic mass is 16.5. The lowest BCUT2D eigenvalue weighted by Crippen LogP contribution is -2.36. The molecule has 0 spiro atoms. The Morgan fingerprint density at radius 2 is 1.63 bits per heavy atom. The Bertz CT molecular complexity index is 549. The molecule has 0 aliphatic rings. The second-order valence-corrected chi connectivity index (χ2v) is 6.70. The summed E-state index contributed by atoms with van der Waals surface area (Å²) >= 11 is 0. The number of ether oxygens (including phenoxy) is 1. The van der Waals surface area contributed by atoms with Gasteiger partial charge in [0.1, 0.15) is 11.5 Å². The number of hydrogen-bond donors (Lipinski definition) is 3. The summed E-state index contributed by atoms with van der Waals surface area (Å²) in [6.45, 7) is 4.20. The predicted octanol–water partition coefficient (Wildman–Crippen LogP) is 4.41. The zero-order chi connectivity index (χ0) is 19.7. The van der Waals surface area contributed by atoms with Crippen LogP contribution >= 0.6 is 0 Å². The van der Waals surface area contributed by atoms with E-state index in [0.717, 1.165) is 51.6 Å². The average Bonchev–Trinajstić information content (AvgIpc) is 2.66. The second-order valence-electron chi connectivity index (χ2n) is 6.70. The summed E-state index contributed by atoms with van der Waals surface area (Å²) in [4.78, 5) is 22.1. The van der Waals surface area contributed by atoms with Crippen molar-refractivity contribution in [3.05, 3.63) is 23.8 Å². The zero-order valence-corrected chi connectivity index (χ0v) is 16.5. The summed E-state index contributed by atoms with van der Waals surface area (Å²) in [5.41, 5.74) is 0.273. The summed E-state index contributed by atoms with van der Waals surface area (Å²) in [6.07, 6.45) is 10.5. The number of amides is 2. The minimum atomic E-state index is -0.0578. The quantitative estimate of drug-likeness (QED) is 0.311. The molecule has 0 bridgehead atoms. The minimum Gasteiger partial charge on any atom is -0.507 e. The zero-order valence-electron chi connectivity index (χ0n) is 16.5. The number of carbonyl (C=O) groups excluding carboxylic acids is 2. The molecule has 0 aliphatic heterocycles. The van der Waals surface area contributed by atoms with Crippen LogP contribution in [0.1, 0.15) is 75.1 Å². The van der Waals surface area contributed by atoms with E-state index in [-0.39, 0.29) is 17.3 Å². The fraction of sp³-hybridized carbons (Fsp3) is 0.619. The third-order valence-electron chi connectivity index (χ3n) is 4.32. The number of rotatable bonds is 15. The van der Waals surface area contributed by atoms with E-state index in [1.165, 1.54) is 25.3 Å². The van der Waals surface area contributed by atoms with E-state index in [1.54, 1.807) is 12.1 Å². The van der Waals surface area contributed by atoms with E-state index >= 15 is 0 Å². The van der Waals surface area contributed by atoms with Gasteiger partial charge in [-0.2, -0.15) is 0 Å². The van der Waals surface area contributed by atoms with Crippen LogP contribution in [-0.4, -0.2) is 37.1 Å². The van der Waals surface area contributed by atoms with Crippen molar-refractivity contribution in [3.8, 4) is 11.5 Å². The normalized spacial score (nSPS) is 10.4. The Morgan fingerprint density at radius 3 is 2.26 bits per heavy atom. The van der Waals surface area contributed by atoms with Crippen LogP contribution in [0.2, 0.25) is 0 Å². The van der Waals surface area contributed by atoms with Gasteiger partial charge in [-0.3, -0.25) is 4.79 Å². The maximum absolute atomic E-state index is 11.4. The van der Waals surface area contributed by atoms with Crippen LogP contribution in [0.25, 0.3) is 0 Å². The number of carbonyl (C=O) groups is 2. The number of aldehydes is 1. The number of urea groups is 1. The summed E-state index contributed by atoms with van der Waals surface area (Å²) in [5.74, 6) is 0.541. The van der Waals surface area contributed by atoms with Crippen LogP contribution in [-0.2, 0) is 0 Å². The molecule has 0 aliphatic carbocycles. The van der Waals surface area contributed by atoms with Crippen LogP contribution in [0.5, 0.6) is 11.5 Å². The molecular formula is C21H34N2O4. The van der Waals surface area contributed by atoms with Crippen molar-refractivity contribution in [1.82, 2.24) is 10.6 Å². The molecule has 0 radical (unpaired) electrons. The lowest BCUT2D eigenvalue weighted by atomic mass is 10.1. The molecule has 0 saturated heterocycles. The average molecular weight is 379 g/mol. The Morgan fingerprint density at radius 1 is 1.00 bits per heavy atom. The molecule has 1 aromatic carbocycles. The maximum atomic E-state index is 11.4. The Hall–Kier alpha value is -2.24. The molecule has 0 saturated carbocycles. The van der Waals surface area contributed by atoms with Crippen molar-refractivity contribution in [2.45, 2.75) is 64.7 Å². The number of hydrogen-bond acceptors (Lipinski definition) is 4. The van der Waals surface area contributed by atoms with Crippen LogP contribution < -0.4 is 15.4 Å². The van der Waals surface area contributed by atoms with Gasteiger partial charge in [0.15, 0.2) is 6.29 Å². The number of aromatic hydroxyl groups is 1. The van der Waals surface area contributed by atoms with Crippen LogP contribution in [0.4, 0.5) is 4.79 Å². The van der Waals surface area contributed by atoms with Gasteiger partial charge in [-0.25, -0.2) is 4.79 Å². The Kier molecular flexibility index (Phi) is 12.6. The summed E-state index contributed by atoms with van der Waals surface area (Å²) < 4.78 is 5.58. The molecule has 6 heteroatoms. The van der Waals surface area contributed by atoms with Gasteiger partial charge in [-0.15, -0.1) is 0 Å². The summed E-state index contributed by atoms with van der Waals surface area (Å²) in [6, 6.07) is 4.67. The van der Waals surface area contributed by atoms with Gasteiger partial charge in [-0.1, -0.05) is 45.4 Å². The largest absolute Gasteiger partial charge is 0.507 e. The number of phenolic OH excluding ortho intramolecular Hbond substituents is 1. The molecule has 0 aromatic heterocycles. The predicted molar refractivity (Wildman–Crippen MR) is 108 cm³/mol. The Balaban J connectivity index is 1.90. The molecule has 152 valence electrons. The van der Waals surface area contributed by atoms with Crippen LogP contribution in [0.3, 0.4) is 0 Å². The molecular weight excluding hydrogens is 344 g/mol. The molecule has 27 heavy (non-hydrogen) atoms. The summed E-state index contributed by atoms with van der Waals surface area (Å²) in [5, 5.41) is 15.3. The lowest BCUT2D eigenvalue weighted by Gasteiger charge is -2.08. The van der Waals surface area contributed by atoms with Crippen LogP contribution in [0, 0.1) is 0 Å². The number of nitrogens with one attached hydrogen (secondary N) is 2. The molecule has 0 fully saturated rings. The topological polar surface area (TPSA) is 87.7 Å². The van der Waals surface area contributed by atoms with E-state index in [4.69, 9.17) is 4.74 Å². The molecule has 1 aromatic rings. The number of phenols is 1. The third-order valence-corrected chi connectivity index (χ3v) is 4.32. The molecule has 1 rings (SSSR count). The van der Waals surface area contributed by atoms with Gasteiger partial charge in [-0.05, 0) is 31.4 Å². The molecule has 2 amide bonds. The van der Waals surface area contributed by atoms with E-state index in [1.807, 2.05) is 0 Å². The first-order valence-corrected chi connectivity index (χ1v) is 10.1. The van der Waals surface area contributed by atoms with Gasteiger partial charge >= 0.3 is 6.03 Å². The van der Waals surface area contributed by atoms with E-state index in [0.29, 0.717) is 18.6 Å². The van der Waals surface area contributed by atoms with Crippen molar-refractivity contribution in [1.29, 1.82) is 0 Å². The van der Waals surface area contributed by atoms with Gasteiger partial charge in [0.05, 0.1) is 12.2 Å². The van der Waals surface area contributed by atoms with Gasteiger partial charge < -0.3 is 20.5 Å². The molecule has 0 heterocycles. The third kappa shape index (κ3) is 11.2. The SMILES string of the molecule is CCCCNC(=O)NCCCCCCCCCOc1ccc(C=O)c(O)c1. The van der Waals surface area contributed by atoms with Crippen molar-refractivity contribution < 1.29 is 19.4 Å². The van der Waals surface area contributed by atoms with Crippen molar-refractivity contribution >= 4 is 12.3 Å². The van der Waals surface area contributed by atoms with E-state index in [2.05, 4.69) is 17.6 Å². The highest BCUT2D eigenvalue weighted by molar-refractivity contribution is 5.79. The fourth-order valence-corrected chi connectivity index (χ4v) is 2.66. The second kappa shape index (κ2) is 14.9. The summed E-state index contributed by atoms with van der Waals surface area (Å²) in [7, 11) is 0. The van der Waals surface area contributed by atoms with Gasteiger partial charge in [0, 0.05) is 19.2 Å². The van der Waals surface area contributed by atoms with Gasteiger partial charge in [0.2, 0.25) is 0 Å². The number of unbranched alkanes of at least 4 members (excludes halogenated alkanes) is 7. The van der Waals surface area contributed by atoms with Crippen molar-refractivity contribution in [2.75, 3.05) is 19.7 Å². The highest BCUT2D eigenvalue weighted by Gasteiger charge is 2.02. The minimum absolute atomic E-state index is 0.0459. The molecule has 3 N–H and O–H groups in total. The van der Waals surface area contributed by atoms with Crippen molar-refractivity contribution in [2.24, 2.45) is 0 Å². The maximum Gasteiger partial charge on any atom is 0.314 e.